The Labute approximate surface area is 197 Å². The highest BCUT2D eigenvalue weighted by Crippen LogP contribution is 2.23. The van der Waals surface area contributed by atoms with E-state index in [9.17, 15) is 22.8 Å². The summed E-state index contributed by atoms with van der Waals surface area (Å²) in [5.41, 5.74) is 0.669. The lowest BCUT2D eigenvalue weighted by Crippen LogP contribution is -2.40. The molecule has 1 fully saturated rings. The lowest BCUT2D eigenvalue weighted by atomic mass is 10.2. The number of sulfonamides is 1. The van der Waals surface area contributed by atoms with Crippen LogP contribution in [0.2, 0.25) is 5.02 Å². The number of likely N-dealkylation sites (N-methyl/N-ethyl adjacent to an activating group) is 1. The van der Waals surface area contributed by atoms with Gasteiger partial charge in [-0.05, 0) is 36.6 Å². The van der Waals surface area contributed by atoms with Gasteiger partial charge in [-0.25, -0.2) is 17.9 Å². The molecule has 2 aromatic rings. The van der Waals surface area contributed by atoms with Crippen molar-refractivity contribution >= 4 is 39.4 Å². The maximum absolute atomic E-state index is 12.7. The average molecular weight is 494 g/mol. The quantitative estimate of drug-likeness (QED) is 0.486. The Bertz CT molecular complexity index is 1140. The lowest BCUT2D eigenvalue weighted by molar-refractivity contribution is -0.137. The molecule has 3 rings (SSSR count). The van der Waals surface area contributed by atoms with Crippen LogP contribution >= 0.6 is 11.6 Å². The standard InChI is InChI=1S/C22H24ClN3O6S/c1-26(13-20(27)25-17-8-9-17)21(28)14-32-22(29)16-7-10-18(23)19(11-16)33(30,31)24-12-15-5-3-2-4-6-15/h2-7,10-11,17,24H,8-9,12-14H2,1H3,(H,25,27). The summed E-state index contributed by atoms with van der Waals surface area (Å²) in [5.74, 6) is -1.74. The van der Waals surface area contributed by atoms with Gasteiger partial charge in [0.05, 0.1) is 17.1 Å². The predicted octanol–water partition coefficient (Wildman–Crippen LogP) is 1.71. The molecule has 1 aliphatic carbocycles. The van der Waals surface area contributed by atoms with Gasteiger partial charge in [-0.1, -0.05) is 41.9 Å². The number of esters is 1. The first-order valence-corrected chi connectivity index (χ1v) is 12.1. The Morgan fingerprint density at radius 1 is 1.12 bits per heavy atom. The second kappa shape index (κ2) is 10.8. The molecule has 0 radical (unpaired) electrons. The number of carbonyl (C=O) groups is 3. The Hall–Kier alpha value is -2.95. The predicted molar refractivity (Wildman–Crippen MR) is 121 cm³/mol. The number of hydrogen-bond acceptors (Lipinski definition) is 6. The third kappa shape index (κ3) is 7.28. The maximum Gasteiger partial charge on any atom is 0.338 e. The number of halogens is 1. The van der Waals surface area contributed by atoms with Crippen LogP contribution < -0.4 is 10.0 Å². The molecule has 0 saturated heterocycles. The molecule has 2 N–H and O–H groups in total. The maximum atomic E-state index is 12.7. The number of ether oxygens (including phenoxy) is 1. The van der Waals surface area contributed by atoms with Crippen LogP contribution in [0.1, 0.15) is 28.8 Å². The van der Waals surface area contributed by atoms with Gasteiger partial charge in [-0.3, -0.25) is 9.59 Å². The van der Waals surface area contributed by atoms with E-state index in [4.69, 9.17) is 16.3 Å². The normalized spacial score (nSPS) is 13.3. The van der Waals surface area contributed by atoms with Gasteiger partial charge >= 0.3 is 5.97 Å². The zero-order valence-corrected chi connectivity index (χ0v) is 19.5. The van der Waals surface area contributed by atoms with E-state index in [2.05, 4.69) is 10.0 Å². The Kier molecular flexibility index (Phi) is 8.06. The van der Waals surface area contributed by atoms with E-state index in [1.807, 2.05) is 6.07 Å². The molecule has 0 aromatic heterocycles. The minimum atomic E-state index is -4.02. The summed E-state index contributed by atoms with van der Waals surface area (Å²) >= 11 is 6.06. The summed E-state index contributed by atoms with van der Waals surface area (Å²) in [4.78, 5) is 37.2. The second-order valence-corrected chi connectivity index (χ2v) is 9.77. The smallest absolute Gasteiger partial charge is 0.338 e. The Balaban J connectivity index is 1.58. The highest BCUT2D eigenvalue weighted by molar-refractivity contribution is 7.89. The fourth-order valence-electron chi connectivity index (χ4n) is 2.81. The number of nitrogens with one attached hydrogen (secondary N) is 2. The van der Waals surface area contributed by atoms with E-state index < -0.39 is 28.5 Å². The molecule has 33 heavy (non-hydrogen) atoms. The number of amides is 2. The van der Waals surface area contributed by atoms with Crippen molar-refractivity contribution < 1.29 is 27.5 Å². The first-order valence-electron chi connectivity index (χ1n) is 10.2. The van der Waals surface area contributed by atoms with Crippen molar-refractivity contribution in [3.05, 3.63) is 64.7 Å². The molecule has 0 aliphatic heterocycles. The number of carbonyl (C=O) groups excluding carboxylic acids is 3. The first-order chi connectivity index (χ1) is 15.7. The van der Waals surface area contributed by atoms with Crippen LogP contribution in [0.5, 0.6) is 0 Å². The molecule has 0 spiro atoms. The van der Waals surface area contributed by atoms with Crippen LogP contribution in [0.3, 0.4) is 0 Å². The van der Waals surface area contributed by atoms with E-state index in [1.165, 1.54) is 19.2 Å². The minimum absolute atomic E-state index is 0.0450. The van der Waals surface area contributed by atoms with Crippen LogP contribution in [0.4, 0.5) is 0 Å². The SMILES string of the molecule is CN(CC(=O)NC1CC1)C(=O)COC(=O)c1ccc(Cl)c(S(=O)(=O)NCc2ccccc2)c1. The largest absolute Gasteiger partial charge is 0.452 e. The molecule has 2 aromatic carbocycles. The van der Waals surface area contributed by atoms with Crippen LogP contribution in [0.25, 0.3) is 0 Å². The van der Waals surface area contributed by atoms with E-state index in [0.717, 1.165) is 29.4 Å². The molecule has 176 valence electrons. The van der Waals surface area contributed by atoms with Gasteiger partial charge in [-0.15, -0.1) is 0 Å². The summed E-state index contributed by atoms with van der Waals surface area (Å²) in [6.07, 6.45) is 1.86. The molecule has 0 atom stereocenters. The van der Waals surface area contributed by atoms with E-state index >= 15 is 0 Å². The Morgan fingerprint density at radius 2 is 1.82 bits per heavy atom. The van der Waals surface area contributed by atoms with Crippen LogP contribution in [0, 0.1) is 0 Å². The highest BCUT2D eigenvalue weighted by atomic mass is 35.5. The zero-order chi connectivity index (χ0) is 24.0. The second-order valence-electron chi connectivity index (χ2n) is 7.62. The summed E-state index contributed by atoms with van der Waals surface area (Å²) in [5, 5.41) is 2.70. The minimum Gasteiger partial charge on any atom is -0.452 e. The highest BCUT2D eigenvalue weighted by Gasteiger charge is 2.25. The van der Waals surface area contributed by atoms with Crippen molar-refractivity contribution in [2.75, 3.05) is 20.2 Å². The topological polar surface area (TPSA) is 122 Å². The third-order valence-electron chi connectivity index (χ3n) is 4.84. The average Bonchev–Trinajstić information content (AvgIpc) is 3.60. The van der Waals surface area contributed by atoms with E-state index in [0.29, 0.717) is 0 Å². The summed E-state index contributed by atoms with van der Waals surface area (Å²) in [6.45, 7) is -0.699. The summed E-state index contributed by atoms with van der Waals surface area (Å²) in [7, 11) is -2.59. The lowest BCUT2D eigenvalue weighted by Gasteiger charge is -2.16. The van der Waals surface area contributed by atoms with Crippen molar-refractivity contribution in [3.63, 3.8) is 0 Å². The number of rotatable bonds is 10. The van der Waals surface area contributed by atoms with Gasteiger partial charge in [-0.2, -0.15) is 0 Å². The monoisotopic (exact) mass is 493 g/mol. The van der Waals surface area contributed by atoms with Gasteiger partial charge in [0.2, 0.25) is 15.9 Å². The molecular formula is C22H24ClN3O6S. The molecule has 1 saturated carbocycles. The summed E-state index contributed by atoms with van der Waals surface area (Å²) < 4.78 is 32.8. The molecule has 1 aliphatic rings. The number of nitrogens with zero attached hydrogens (tertiary/aromatic N) is 1. The van der Waals surface area contributed by atoms with Gasteiger partial charge in [0.25, 0.3) is 5.91 Å². The van der Waals surface area contributed by atoms with Gasteiger partial charge in [0.15, 0.2) is 6.61 Å². The fourth-order valence-corrected chi connectivity index (χ4v) is 4.35. The fraction of sp³-hybridized carbons (Fsp3) is 0.318. The van der Waals surface area contributed by atoms with Crippen molar-refractivity contribution in [2.45, 2.75) is 30.3 Å². The Morgan fingerprint density at radius 3 is 2.48 bits per heavy atom. The third-order valence-corrected chi connectivity index (χ3v) is 6.72. The van der Waals surface area contributed by atoms with Crippen molar-refractivity contribution in [3.8, 4) is 0 Å². The molecule has 2 amide bonds. The van der Waals surface area contributed by atoms with Gasteiger partial charge in [0, 0.05) is 19.6 Å². The van der Waals surface area contributed by atoms with Crippen LogP contribution in [0.15, 0.2) is 53.4 Å². The van der Waals surface area contributed by atoms with Gasteiger partial charge in [0.1, 0.15) is 4.90 Å². The number of benzene rings is 2. The van der Waals surface area contributed by atoms with Crippen molar-refractivity contribution in [1.29, 1.82) is 0 Å². The van der Waals surface area contributed by atoms with Crippen LogP contribution in [-0.4, -0.2) is 57.3 Å². The van der Waals surface area contributed by atoms with Crippen molar-refractivity contribution in [1.82, 2.24) is 14.9 Å². The van der Waals surface area contributed by atoms with E-state index in [1.54, 1.807) is 24.3 Å². The zero-order valence-electron chi connectivity index (χ0n) is 17.9. The molecule has 9 nitrogen and oxygen atoms in total. The van der Waals surface area contributed by atoms with Gasteiger partial charge < -0.3 is 15.0 Å². The van der Waals surface area contributed by atoms with Crippen molar-refractivity contribution in [2.24, 2.45) is 0 Å². The number of hydrogen-bond donors (Lipinski definition) is 2. The van der Waals surface area contributed by atoms with Crippen LogP contribution in [-0.2, 0) is 30.9 Å². The molecule has 0 heterocycles. The molecule has 0 bridgehead atoms. The summed E-state index contributed by atoms with van der Waals surface area (Å²) in [6, 6.07) is 12.8. The van der Waals surface area contributed by atoms with E-state index in [-0.39, 0.29) is 40.5 Å². The first kappa shape index (κ1) is 24.7. The molecule has 11 heteroatoms. The molecule has 0 unspecified atom stereocenters. The molecular weight excluding hydrogens is 470 g/mol.